The molecule has 0 aromatic heterocycles. The van der Waals surface area contributed by atoms with E-state index in [1.165, 1.54) is 0 Å². The van der Waals surface area contributed by atoms with E-state index in [1.54, 1.807) is 4.90 Å². The molecular formula is C29H32N2O3. The number of hydrogen-bond donors (Lipinski definition) is 1. The number of benzene rings is 3. The average molecular weight is 457 g/mol. The number of amides is 2. The van der Waals surface area contributed by atoms with Crippen LogP contribution in [0.15, 0.2) is 78.9 Å². The monoisotopic (exact) mass is 456 g/mol. The molecule has 4 rings (SSSR count). The maximum absolute atomic E-state index is 13.6. The van der Waals surface area contributed by atoms with E-state index < -0.39 is 5.54 Å². The standard InChI is InChI=1S/C29H32N2O3/c1-3-4-18-34-25-16-14-23(15-17-25)21-31-27(32)26-13-9-8-12-24(26)19-29(31,2)28(33)30-20-22-10-6-5-7-11-22/h5-17H,3-4,18-21H2,1-2H3,(H,30,33)/t29-/m0/s1. The van der Waals surface area contributed by atoms with Crippen molar-refractivity contribution in [2.75, 3.05) is 6.61 Å². The molecule has 1 N–H and O–H groups in total. The number of rotatable bonds is 9. The van der Waals surface area contributed by atoms with Crippen LogP contribution in [0, 0.1) is 0 Å². The number of hydrogen-bond acceptors (Lipinski definition) is 3. The summed E-state index contributed by atoms with van der Waals surface area (Å²) in [6.45, 7) is 5.45. The lowest BCUT2D eigenvalue weighted by atomic mass is 9.82. The minimum atomic E-state index is -1.00. The molecule has 0 saturated carbocycles. The highest BCUT2D eigenvalue weighted by Gasteiger charge is 2.46. The first-order valence-electron chi connectivity index (χ1n) is 11.9. The van der Waals surface area contributed by atoms with Crippen molar-refractivity contribution in [2.45, 2.75) is 51.7 Å². The molecule has 1 aliphatic heterocycles. The number of unbranched alkanes of at least 4 members (excludes halogenated alkanes) is 1. The number of ether oxygens (including phenoxy) is 1. The summed E-state index contributed by atoms with van der Waals surface area (Å²) in [7, 11) is 0. The molecular weight excluding hydrogens is 424 g/mol. The lowest BCUT2D eigenvalue weighted by molar-refractivity contribution is -0.132. The van der Waals surface area contributed by atoms with Crippen molar-refractivity contribution in [3.8, 4) is 5.75 Å². The van der Waals surface area contributed by atoms with Crippen molar-refractivity contribution in [1.82, 2.24) is 10.2 Å². The van der Waals surface area contributed by atoms with Gasteiger partial charge in [0, 0.05) is 25.1 Å². The number of nitrogens with zero attached hydrogens (tertiary/aromatic N) is 1. The fraction of sp³-hybridized carbons (Fsp3) is 0.310. The average Bonchev–Trinajstić information content (AvgIpc) is 2.87. The smallest absolute Gasteiger partial charge is 0.255 e. The summed E-state index contributed by atoms with van der Waals surface area (Å²) in [5.74, 6) is 0.539. The van der Waals surface area contributed by atoms with Crippen LogP contribution in [0.4, 0.5) is 0 Å². The minimum Gasteiger partial charge on any atom is -0.494 e. The molecule has 5 heteroatoms. The van der Waals surface area contributed by atoms with Gasteiger partial charge in [-0.15, -0.1) is 0 Å². The van der Waals surface area contributed by atoms with Gasteiger partial charge >= 0.3 is 0 Å². The van der Waals surface area contributed by atoms with Crippen LogP contribution in [-0.2, 0) is 24.3 Å². The largest absolute Gasteiger partial charge is 0.494 e. The second-order valence-corrected chi connectivity index (χ2v) is 9.01. The maximum atomic E-state index is 13.6. The Hall–Kier alpha value is -3.60. The molecule has 1 heterocycles. The van der Waals surface area contributed by atoms with Gasteiger partial charge in [0.15, 0.2) is 0 Å². The van der Waals surface area contributed by atoms with Crippen molar-refractivity contribution in [2.24, 2.45) is 0 Å². The molecule has 0 aliphatic carbocycles. The second kappa shape index (κ2) is 10.6. The quantitative estimate of drug-likeness (QED) is 0.454. The van der Waals surface area contributed by atoms with Gasteiger partial charge in [-0.05, 0) is 48.2 Å². The summed E-state index contributed by atoms with van der Waals surface area (Å²) in [6, 6.07) is 25.2. The fourth-order valence-electron chi connectivity index (χ4n) is 4.34. The summed E-state index contributed by atoms with van der Waals surface area (Å²) in [5.41, 5.74) is 2.54. The highest BCUT2D eigenvalue weighted by atomic mass is 16.5. The van der Waals surface area contributed by atoms with Gasteiger partial charge in [0.1, 0.15) is 11.3 Å². The molecule has 176 valence electrons. The van der Waals surface area contributed by atoms with Gasteiger partial charge in [-0.3, -0.25) is 9.59 Å². The number of carbonyl (C=O) groups is 2. The second-order valence-electron chi connectivity index (χ2n) is 9.01. The summed E-state index contributed by atoms with van der Waals surface area (Å²) >= 11 is 0. The van der Waals surface area contributed by atoms with Crippen molar-refractivity contribution >= 4 is 11.8 Å². The summed E-state index contributed by atoms with van der Waals surface area (Å²) in [6.07, 6.45) is 2.56. The minimum absolute atomic E-state index is 0.123. The van der Waals surface area contributed by atoms with Crippen molar-refractivity contribution in [3.05, 3.63) is 101 Å². The SMILES string of the molecule is CCCCOc1ccc(CN2C(=O)c3ccccc3C[C@@]2(C)C(=O)NCc2ccccc2)cc1. The predicted octanol–water partition coefficient (Wildman–Crippen LogP) is 5.14. The summed E-state index contributed by atoms with van der Waals surface area (Å²) in [4.78, 5) is 28.8. The van der Waals surface area contributed by atoms with E-state index in [-0.39, 0.29) is 11.8 Å². The van der Waals surface area contributed by atoms with Crippen LogP contribution in [0.1, 0.15) is 53.7 Å². The molecule has 34 heavy (non-hydrogen) atoms. The third-order valence-corrected chi connectivity index (χ3v) is 6.44. The van der Waals surface area contributed by atoms with E-state index in [9.17, 15) is 9.59 Å². The first-order valence-corrected chi connectivity index (χ1v) is 11.9. The third-order valence-electron chi connectivity index (χ3n) is 6.44. The molecule has 0 spiro atoms. The molecule has 3 aromatic carbocycles. The Labute approximate surface area is 201 Å². The molecule has 0 radical (unpaired) electrons. The summed E-state index contributed by atoms with van der Waals surface area (Å²) in [5, 5.41) is 3.06. The zero-order valence-electron chi connectivity index (χ0n) is 19.9. The fourth-order valence-corrected chi connectivity index (χ4v) is 4.34. The van der Waals surface area contributed by atoms with E-state index in [1.807, 2.05) is 85.8 Å². The normalized spacial score (nSPS) is 17.2. The first kappa shape index (κ1) is 23.6. The predicted molar refractivity (Wildman–Crippen MR) is 134 cm³/mol. The highest BCUT2D eigenvalue weighted by Crippen LogP contribution is 2.33. The highest BCUT2D eigenvalue weighted by molar-refractivity contribution is 6.02. The number of nitrogens with one attached hydrogen (secondary N) is 1. The molecule has 2 amide bonds. The maximum Gasteiger partial charge on any atom is 0.255 e. The molecule has 1 aliphatic rings. The zero-order chi connectivity index (χ0) is 24.0. The zero-order valence-corrected chi connectivity index (χ0v) is 19.9. The van der Waals surface area contributed by atoms with Crippen LogP contribution < -0.4 is 10.1 Å². The van der Waals surface area contributed by atoms with Gasteiger partial charge in [0.05, 0.1) is 6.61 Å². The third kappa shape index (κ3) is 5.14. The van der Waals surface area contributed by atoms with E-state index in [0.29, 0.717) is 31.7 Å². The Morgan fingerprint density at radius 3 is 2.41 bits per heavy atom. The summed E-state index contributed by atoms with van der Waals surface area (Å²) < 4.78 is 5.77. The van der Waals surface area contributed by atoms with Gasteiger partial charge in [-0.1, -0.05) is 74.0 Å². The van der Waals surface area contributed by atoms with Crippen LogP contribution in [-0.4, -0.2) is 28.9 Å². The molecule has 3 aromatic rings. The van der Waals surface area contributed by atoms with Crippen molar-refractivity contribution < 1.29 is 14.3 Å². The Bertz CT molecular complexity index is 1130. The van der Waals surface area contributed by atoms with Gasteiger partial charge in [-0.2, -0.15) is 0 Å². The Kier molecular flexibility index (Phi) is 7.31. The van der Waals surface area contributed by atoms with Crippen LogP contribution in [0.3, 0.4) is 0 Å². The van der Waals surface area contributed by atoms with Crippen molar-refractivity contribution in [3.63, 3.8) is 0 Å². The lowest BCUT2D eigenvalue weighted by Crippen LogP contribution is -2.62. The molecule has 5 nitrogen and oxygen atoms in total. The van der Waals surface area contributed by atoms with Gasteiger partial charge in [-0.25, -0.2) is 0 Å². The molecule has 1 atom stereocenters. The van der Waals surface area contributed by atoms with Crippen LogP contribution in [0.2, 0.25) is 0 Å². The number of fused-ring (bicyclic) bond motifs is 1. The Balaban J connectivity index is 1.56. The first-order chi connectivity index (χ1) is 16.5. The van der Waals surface area contributed by atoms with E-state index in [2.05, 4.69) is 12.2 Å². The van der Waals surface area contributed by atoms with Gasteiger partial charge in [0.25, 0.3) is 5.91 Å². The topological polar surface area (TPSA) is 58.6 Å². The van der Waals surface area contributed by atoms with Crippen molar-refractivity contribution in [1.29, 1.82) is 0 Å². The van der Waals surface area contributed by atoms with E-state index in [0.717, 1.165) is 35.3 Å². The van der Waals surface area contributed by atoms with E-state index in [4.69, 9.17) is 4.74 Å². The van der Waals surface area contributed by atoms with E-state index >= 15 is 0 Å². The Morgan fingerprint density at radius 1 is 0.971 bits per heavy atom. The molecule has 0 unspecified atom stereocenters. The molecule has 0 saturated heterocycles. The molecule has 0 fully saturated rings. The van der Waals surface area contributed by atoms with Crippen LogP contribution in [0.5, 0.6) is 5.75 Å². The number of carbonyl (C=O) groups excluding carboxylic acids is 2. The molecule has 0 bridgehead atoms. The van der Waals surface area contributed by atoms with Crippen LogP contribution >= 0.6 is 0 Å². The van der Waals surface area contributed by atoms with Crippen LogP contribution in [0.25, 0.3) is 0 Å². The Morgan fingerprint density at radius 2 is 1.68 bits per heavy atom. The van der Waals surface area contributed by atoms with Gasteiger partial charge in [0.2, 0.25) is 5.91 Å². The lowest BCUT2D eigenvalue weighted by Gasteiger charge is -2.44. The van der Waals surface area contributed by atoms with Gasteiger partial charge < -0.3 is 15.0 Å².